The Balaban J connectivity index is 1.89. The van der Waals surface area contributed by atoms with Gasteiger partial charge in [-0.25, -0.2) is 9.97 Å². The van der Waals surface area contributed by atoms with Crippen molar-refractivity contribution in [1.82, 2.24) is 9.97 Å². The summed E-state index contributed by atoms with van der Waals surface area (Å²) in [6, 6.07) is 5.92. The lowest BCUT2D eigenvalue weighted by Crippen LogP contribution is -2.43. The monoisotopic (exact) mass is 298 g/mol. The van der Waals surface area contributed by atoms with Crippen molar-refractivity contribution in [2.24, 2.45) is 5.73 Å². The number of rotatable bonds is 2. The molecule has 4 rings (SSSR count). The van der Waals surface area contributed by atoms with Gasteiger partial charge in [-0.2, -0.15) is 0 Å². The fourth-order valence-electron chi connectivity index (χ4n) is 3.10. The van der Waals surface area contributed by atoms with Crippen LogP contribution in [0.2, 0.25) is 0 Å². The van der Waals surface area contributed by atoms with Gasteiger partial charge < -0.3 is 19.8 Å². The number of ether oxygens (including phenoxy) is 1. The second-order valence-corrected chi connectivity index (χ2v) is 5.69. The fraction of sp³-hybridized carbons (Fsp3) is 0.375. The lowest BCUT2D eigenvalue weighted by Gasteiger charge is -2.31. The first-order valence-corrected chi connectivity index (χ1v) is 7.48. The van der Waals surface area contributed by atoms with Crippen LogP contribution in [0.15, 0.2) is 28.9 Å². The predicted octanol–water partition coefficient (Wildman–Crippen LogP) is 2.31. The molecule has 1 saturated heterocycles. The molecule has 0 spiro atoms. The van der Waals surface area contributed by atoms with Gasteiger partial charge in [-0.15, -0.1) is 0 Å². The van der Waals surface area contributed by atoms with E-state index in [1.54, 1.807) is 13.4 Å². The summed E-state index contributed by atoms with van der Waals surface area (Å²) in [5, 5.41) is 0.944. The van der Waals surface area contributed by atoms with Crippen LogP contribution in [-0.2, 0) is 0 Å². The Kier molecular flexibility index (Phi) is 3.11. The molecule has 1 atom stereocenters. The maximum Gasteiger partial charge on any atom is 0.196 e. The van der Waals surface area contributed by atoms with Gasteiger partial charge in [-0.3, -0.25) is 0 Å². The number of anilines is 1. The zero-order valence-corrected chi connectivity index (χ0v) is 12.5. The second-order valence-electron chi connectivity index (χ2n) is 5.69. The molecule has 1 aliphatic rings. The number of furan rings is 1. The molecule has 6 heteroatoms. The number of fused-ring (bicyclic) bond motifs is 3. The van der Waals surface area contributed by atoms with Crippen LogP contribution in [0, 0.1) is 0 Å². The number of nitrogens with two attached hydrogens (primary N) is 1. The van der Waals surface area contributed by atoms with E-state index in [1.165, 1.54) is 0 Å². The Labute approximate surface area is 127 Å². The predicted molar refractivity (Wildman–Crippen MR) is 85.3 cm³/mol. The lowest BCUT2D eigenvalue weighted by molar-refractivity contribution is 0.415. The van der Waals surface area contributed by atoms with Crippen molar-refractivity contribution in [3.8, 4) is 5.75 Å². The van der Waals surface area contributed by atoms with Crippen molar-refractivity contribution in [2.45, 2.75) is 18.9 Å². The van der Waals surface area contributed by atoms with Crippen LogP contribution >= 0.6 is 0 Å². The largest absolute Gasteiger partial charge is 0.497 e. The molecule has 3 heterocycles. The average Bonchev–Trinajstić information content (AvgIpc) is 2.92. The summed E-state index contributed by atoms with van der Waals surface area (Å²) in [5.74, 6) is 1.62. The van der Waals surface area contributed by atoms with Crippen LogP contribution in [-0.4, -0.2) is 36.2 Å². The zero-order chi connectivity index (χ0) is 15.1. The number of piperidine rings is 1. The van der Waals surface area contributed by atoms with Gasteiger partial charge in [0.05, 0.1) is 12.5 Å². The van der Waals surface area contributed by atoms with E-state index in [-0.39, 0.29) is 6.04 Å². The Morgan fingerprint density at radius 1 is 1.36 bits per heavy atom. The van der Waals surface area contributed by atoms with Gasteiger partial charge in [0.1, 0.15) is 23.2 Å². The van der Waals surface area contributed by atoms with Gasteiger partial charge in [0.15, 0.2) is 11.4 Å². The summed E-state index contributed by atoms with van der Waals surface area (Å²) in [5.41, 5.74) is 8.42. The van der Waals surface area contributed by atoms with Crippen molar-refractivity contribution in [2.75, 3.05) is 25.1 Å². The number of hydrogen-bond acceptors (Lipinski definition) is 6. The van der Waals surface area contributed by atoms with Crippen LogP contribution < -0.4 is 15.4 Å². The molecule has 0 aliphatic carbocycles. The topological polar surface area (TPSA) is 77.4 Å². The minimum Gasteiger partial charge on any atom is -0.497 e. The number of aromatic nitrogens is 2. The fourth-order valence-corrected chi connectivity index (χ4v) is 3.10. The molecule has 0 unspecified atom stereocenters. The second kappa shape index (κ2) is 5.14. The van der Waals surface area contributed by atoms with Crippen LogP contribution in [0.4, 0.5) is 5.82 Å². The highest BCUT2D eigenvalue weighted by atomic mass is 16.5. The Hall–Kier alpha value is -2.34. The van der Waals surface area contributed by atoms with E-state index in [0.29, 0.717) is 0 Å². The minimum atomic E-state index is 0.184. The summed E-state index contributed by atoms with van der Waals surface area (Å²) >= 11 is 0. The maximum absolute atomic E-state index is 6.09. The summed E-state index contributed by atoms with van der Waals surface area (Å²) < 4.78 is 11.3. The molecule has 0 amide bonds. The van der Waals surface area contributed by atoms with E-state index in [4.69, 9.17) is 14.9 Å². The summed E-state index contributed by atoms with van der Waals surface area (Å²) in [7, 11) is 1.65. The van der Waals surface area contributed by atoms with E-state index < -0.39 is 0 Å². The molecule has 0 saturated carbocycles. The van der Waals surface area contributed by atoms with Crippen molar-refractivity contribution in [3.05, 3.63) is 24.5 Å². The van der Waals surface area contributed by atoms with Gasteiger partial charge in [0.2, 0.25) is 0 Å². The third kappa shape index (κ3) is 2.07. The van der Waals surface area contributed by atoms with Gasteiger partial charge in [-0.05, 0) is 31.0 Å². The maximum atomic E-state index is 6.09. The third-order valence-electron chi connectivity index (χ3n) is 4.20. The molecular formula is C16H18N4O2. The molecule has 3 aromatic rings. The highest BCUT2D eigenvalue weighted by molar-refractivity contribution is 6.06. The molecule has 6 nitrogen and oxygen atoms in total. The lowest BCUT2D eigenvalue weighted by atomic mass is 10.1. The molecule has 2 N–H and O–H groups in total. The first-order valence-electron chi connectivity index (χ1n) is 7.48. The average molecular weight is 298 g/mol. The number of hydrogen-bond donors (Lipinski definition) is 1. The van der Waals surface area contributed by atoms with Crippen molar-refractivity contribution in [3.63, 3.8) is 0 Å². The molecule has 1 fully saturated rings. The van der Waals surface area contributed by atoms with Crippen LogP contribution in [0.3, 0.4) is 0 Å². The van der Waals surface area contributed by atoms with E-state index >= 15 is 0 Å². The van der Waals surface area contributed by atoms with Crippen LogP contribution in [0.1, 0.15) is 12.8 Å². The SMILES string of the molecule is COc1ccc2oc3c(N4CCC[C@H](N)C4)ncnc3c2c1. The normalized spacial score (nSPS) is 19.0. The number of methoxy groups -OCH3 is 1. The Bertz CT molecular complexity index is 829. The smallest absolute Gasteiger partial charge is 0.196 e. The molecule has 1 aromatic carbocycles. The van der Waals surface area contributed by atoms with E-state index in [0.717, 1.165) is 59.6 Å². The van der Waals surface area contributed by atoms with Crippen molar-refractivity contribution in [1.29, 1.82) is 0 Å². The van der Waals surface area contributed by atoms with Crippen molar-refractivity contribution < 1.29 is 9.15 Å². The minimum absolute atomic E-state index is 0.184. The molecule has 0 radical (unpaired) electrons. The first kappa shape index (κ1) is 13.3. The summed E-state index contributed by atoms with van der Waals surface area (Å²) in [6.45, 7) is 1.74. The van der Waals surface area contributed by atoms with Gasteiger partial charge in [-0.1, -0.05) is 0 Å². The Morgan fingerprint density at radius 2 is 2.27 bits per heavy atom. The van der Waals surface area contributed by atoms with E-state index in [2.05, 4.69) is 14.9 Å². The van der Waals surface area contributed by atoms with Crippen LogP contribution in [0.5, 0.6) is 5.75 Å². The zero-order valence-electron chi connectivity index (χ0n) is 12.5. The number of nitrogens with zero attached hydrogens (tertiary/aromatic N) is 3. The molecule has 0 bridgehead atoms. The quantitative estimate of drug-likeness (QED) is 0.782. The molecule has 1 aliphatic heterocycles. The highest BCUT2D eigenvalue weighted by Gasteiger charge is 2.22. The standard InChI is InChI=1S/C16H18N4O2/c1-21-11-4-5-13-12(7-11)14-15(22-13)16(19-9-18-14)20-6-2-3-10(17)8-20/h4-5,7,9-10H,2-3,6,8,17H2,1H3/t10-/m0/s1. The van der Waals surface area contributed by atoms with Gasteiger partial charge >= 0.3 is 0 Å². The van der Waals surface area contributed by atoms with Gasteiger partial charge in [0.25, 0.3) is 0 Å². The molecular weight excluding hydrogens is 280 g/mol. The molecule has 114 valence electrons. The van der Waals surface area contributed by atoms with E-state index in [9.17, 15) is 0 Å². The van der Waals surface area contributed by atoms with Crippen LogP contribution in [0.25, 0.3) is 22.1 Å². The third-order valence-corrected chi connectivity index (χ3v) is 4.20. The first-order chi connectivity index (χ1) is 10.8. The summed E-state index contributed by atoms with van der Waals surface area (Å²) in [6.07, 6.45) is 3.72. The molecule has 2 aromatic heterocycles. The van der Waals surface area contributed by atoms with E-state index in [1.807, 2.05) is 18.2 Å². The van der Waals surface area contributed by atoms with Crippen molar-refractivity contribution >= 4 is 27.9 Å². The Morgan fingerprint density at radius 3 is 3.09 bits per heavy atom. The van der Waals surface area contributed by atoms with Gasteiger partial charge in [0, 0.05) is 19.1 Å². The molecule has 22 heavy (non-hydrogen) atoms. The summed E-state index contributed by atoms with van der Waals surface area (Å²) in [4.78, 5) is 11.0. The highest BCUT2D eigenvalue weighted by Crippen LogP contribution is 2.34. The number of benzene rings is 1.